The van der Waals surface area contributed by atoms with Crippen LogP contribution in [0.5, 0.6) is 0 Å². The first-order valence-electron chi connectivity index (χ1n) is 8.86. The van der Waals surface area contributed by atoms with Crippen LogP contribution in [0.2, 0.25) is 0 Å². The normalized spacial score (nSPS) is 16.2. The topological polar surface area (TPSA) is 102 Å². The maximum absolute atomic E-state index is 12.3. The molecule has 1 aliphatic heterocycles. The molecule has 1 aromatic rings. The third-order valence-electron chi connectivity index (χ3n) is 4.53. The zero-order chi connectivity index (χ0) is 19.1. The molecule has 0 aromatic heterocycles. The van der Waals surface area contributed by atoms with E-state index < -0.39 is 22.8 Å². The number of carbonyl (C=O) groups is 2. The third-order valence-corrected chi connectivity index (χ3v) is 4.53. The zero-order valence-electron chi connectivity index (χ0n) is 15.2. The molecule has 1 heterocycles. The van der Waals surface area contributed by atoms with E-state index in [1.165, 1.54) is 26.5 Å². The number of ether oxygens (including phenoxy) is 1. The van der Waals surface area contributed by atoms with Crippen LogP contribution < -0.4 is 10.2 Å². The largest absolute Gasteiger partial charge is 0.467 e. The fourth-order valence-electron chi connectivity index (χ4n) is 3.08. The minimum absolute atomic E-state index is 0.0936. The molecule has 1 fully saturated rings. The van der Waals surface area contributed by atoms with Crippen LogP contribution in [0.1, 0.15) is 49.4 Å². The summed E-state index contributed by atoms with van der Waals surface area (Å²) in [5, 5.41) is 14.0. The van der Waals surface area contributed by atoms with Crippen molar-refractivity contribution in [3.05, 3.63) is 33.9 Å². The highest BCUT2D eigenvalue weighted by Crippen LogP contribution is 2.31. The third kappa shape index (κ3) is 4.93. The van der Waals surface area contributed by atoms with Crippen molar-refractivity contribution in [2.24, 2.45) is 0 Å². The van der Waals surface area contributed by atoms with Gasteiger partial charge in [0.05, 0.1) is 12.0 Å². The van der Waals surface area contributed by atoms with Crippen LogP contribution in [0.25, 0.3) is 0 Å². The molecular formula is C18H25N3O5. The van der Waals surface area contributed by atoms with E-state index in [1.807, 2.05) is 4.90 Å². The Morgan fingerprint density at radius 3 is 2.38 bits per heavy atom. The molecule has 1 aliphatic rings. The van der Waals surface area contributed by atoms with E-state index >= 15 is 0 Å². The molecule has 0 radical (unpaired) electrons. The van der Waals surface area contributed by atoms with E-state index in [1.54, 1.807) is 12.1 Å². The van der Waals surface area contributed by atoms with Gasteiger partial charge in [-0.1, -0.05) is 19.3 Å². The van der Waals surface area contributed by atoms with Gasteiger partial charge in [-0.25, -0.2) is 4.79 Å². The van der Waals surface area contributed by atoms with Crippen molar-refractivity contribution in [1.82, 2.24) is 5.32 Å². The molecule has 0 bridgehead atoms. The van der Waals surface area contributed by atoms with E-state index in [-0.39, 0.29) is 11.3 Å². The molecule has 0 saturated carbocycles. The summed E-state index contributed by atoms with van der Waals surface area (Å²) >= 11 is 0. The molecule has 1 unspecified atom stereocenters. The van der Waals surface area contributed by atoms with Crippen molar-refractivity contribution >= 4 is 23.3 Å². The highest BCUT2D eigenvalue weighted by atomic mass is 16.6. The molecule has 1 aromatic carbocycles. The summed E-state index contributed by atoms with van der Waals surface area (Å²) in [5.74, 6) is -1.13. The van der Waals surface area contributed by atoms with Gasteiger partial charge >= 0.3 is 5.97 Å². The van der Waals surface area contributed by atoms with E-state index in [0.717, 1.165) is 38.8 Å². The number of anilines is 1. The van der Waals surface area contributed by atoms with Crippen molar-refractivity contribution in [2.75, 3.05) is 25.1 Å². The number of rotatable bonds is 5. The van der Waals surface area contributed by atoms with E-state index in [0.29, 0.717) is 5.69 Å². The fraction of sp³-hybridized carbons (Fsp3) is 0.556. The summed E-state index contributed by atoms with van der Waals surface area (Å²) in [5.41, 5.74) is 0.585. The van der Waals surface area contributed by atoms with Crippen molar-refractivity contribution in [3.8, 4) is 0 Å². The summed E-state index contributed by atoms with van der Waals surface area (Å²) in [7, 11) is 1.23. The van der Waals surface area contributed by atoms with Crippen molar-refractivity contribution in [1.29, 1.82) is 0 Å². The number of carbonyl (C=O) groups excluding carboxylic acids is 2. The summed E-state index contributed by atoms with van der Waals surface area (Å²) in [6.07, 6.45) is 5.44. The van der Waals surface area contributed by atoms with Crippen LogP contribution in [0, 0.1) is 10.1 Å². The van der Waals surface area contributed by atoms with E-state index in [4.69, 9.17) is 0 Å². The second kappa shape index (κ2) is 9.17. The van der Waals surface area contributed by atoms with E-state index in [2.05, 4.69) is 10.1 Å². The van der Waals surface area contributed by atoms with Gasteiger partial charge in [-0.3, -0.25) is 14.9 Å². The van der Waals surface area contributed by atoms with Crippen molar-refractivity contribution in [3.63, 3.8) is 0 Å². The molecule has 8 nitrogen and oxygen atoms in total. The number of hydrogen-bond acceptors (Lipinski definition) is 6. The molecule has 1 atom stereocenters. The van der Waals surface area contributed by atoms with Crippen LogP contribution in [-0.2, 0) is 9.53 Å². The number of esters is 1. The second-order valence-corrected chi connectivity index (χ2v) is 6.43. The van der Waals surface area contributed by atoms with Crippen molar-refractivity contribution < 1.29 is 19.2 Å². The lowest BCUT2D eigenvalue weighted by molar-refractivity contribution is -0.384. The first-order valence-corrected chi connectivity index (χ1v) is 8.86. The molecule has 26 heavy (non-hydrogen) atoms. The molecule has 1 N–H and O–H groups in total. The summed E-state index contributed by atoms with van der Waals surface area (Å²) in [6.45, 7) is 3.03. The fourth-order valence-corrected chi connectivity index (χ4v) is 3.08. The van der Waals surface area contributed by atoms with E-state index in [9.17, 15) is 19.7 Å². The SMILES string of the molecule is COC(=O)C(C)NC(=O)c1ccc(N2CCCCCCC2)c([N+](=O)[O-])c1. The number of nitro benzene ring substituents is 1. The van der Waals surface area contributed by atoms with Gasteiger partial charge in [-0.2, -0.15) is 0 Å². The average molecular weight is 363 g/mol. The number of methoxy groups -OCH3 is 1. The summed E-state index contributed by atoms with van der Waals surface area (Å²) in [6, 6.07) is 3.62. The molecule has 8 heteroatoms. The molecule has 1 amide bonds. The van der Waals surface area contributed by atoms with Crippen LogP contribution >= 0.6 is 0 Å². The Hall–Kier alpha value is -2.64. The van der Waals surface area contributed by atoms with Gasteiger partial charge in [0.1, 0.15) is 11.7 Å². The number of amides is 1. The lowest BCUT2D eigenvalue weighted by atomic mass is 10.1. The standard InChI is InChI=1S/C18H25N3O5/c1-13(18(23)26-2)19-17(22)14-8-9-15(16(12-14)21(24)25)20-10-6-4-3-5-7-11-20/h8-9,12-13H,3-7,10-11H2,1-2H3,(H,19,22). The predicted octanol–water partition coefficient (Wildman–Crippen LogP) is 2.66. The Morgan fingerprint density at radius 2 is 1.81 bits per heavy atom. The Balaban J connectivity index is 2.23. The summed E-state index contributed by atoms with van der Waals surface area (Å²) < 4.78 is 4.56. The quantitative estimate of drug-likeness (QED) is 0.490. The Morgan fingerprint density at radius 1 is 1.19 bits per heavy atom. The van der Waals surface area contributed by atoms with Crippen LogP contribution in [0.3, 0.4) is 0 Å². The molecule has 0 spiro atoms. The summed E-state index contributed by atoms with van der Waals surface area (Å²) in [4.78, 5) is 36.8. The maximum Gasteiger partial charge on any atom is 0.328 e. The second-order valence-electron chi connectivity index (χ2n) is 6.43. The van der Waals surface area contributed by atoms with Gasteiger partial charge in [0.25, 0.3) is 11.6 Å². The molecule has 1 saturated heterocycles. The minimum Gasteiger partial charge on any atom is -0.467 e. The van der Waals surface area contributed by atoms with Gasteiger partial charge in [-0.05, 0) is 31.9 Å². The first kappa shape index (κ1) is 19.7. The number of hydrogen-bond donors (Lipinski definition) is 1. The first-order chi connectivity index (χ1) is 12.4. The zero-order valence-corrected chi connectivity index (χ0v) is 15.2. The van der Waals surface area contributed by atoms with Crippen LogP contribution in [0.15, 0.2) is 18.2 Å². The van der Waals surface area contributed by atoms with Gasteiger partial charge in [0, 0.05) is 24.7 Å². The molecular weight excluding hydrogens is 338 g/mol. The number of benzene rings is 1. The van der Waals surface area contributed by atoms with Crippen LogP contribution in [0.4, 0.5) is 11.4 Å². The molecule has 2 rings (SSSR count). The smallest absolute Gasteiger partial charge is 0.328 e. The van der Waals surface area contributed by atoms with Gasteiger partial charge in [-0.15, -0.1) is 0 Å². The lowest BCUT2D eigenvalue weighted by Crippen LogP contribution is -2.39. The van der Waals surface area contributed by atoms with Crippen molar-refractivity contribution in [2.45, 2.75) is 45.1 Å². The highest BCUT2D eigenvalue weighted by molar-refractivity contribution is 5.98. The van der Waals surface area contributed by atoms with Gasteiger partial charge in [0.2, 0.25) is 0 Å². The number of nitrogens with zero attached hydrogens (tertiary/aromatic N) is 2. The number of nitrogens with one attached hydrogen (secondary N) is 1. The highest BCUT2D eigenvalue weighted by Gasteiger charge is 2.24. The monoisotopic (exact) mass is 363 g/mol. The van der Waals surface area contributed by atoms with Crippen LogP contribution in [-0.4, -0.2) is 43.0 Å². The lowest BCUT2D eigenvalue weighted by Gasteiger charge is -2.26. The Bertz CT molecular complexity index is 669. The maximum atomic E-state index is 12.3. The predicted molar refractivity (Wildman–Crippen MR) is 97.3 cm³/mol. The average Bonchev–Trinajstić information content (AvgIpc) is 2.60. The number of nitro groups is 1. The molecule has 0 aliphatic carbocycles. The Kier molecular flexibility index (Phi) is 6.94. The minimum atomic E-state index is -0.833. The van der Waals surface area contributed by atoms with Gasteiger partial charge in [0.15, 0.2) is 0 Å². The molecule has 142 valence electrons. The Labute approximate surface area is 152 Å². The van der Waals surface area contributed by atoms with Gasteiger partial charge < -0.3 is 15.0 Å².